The van der Waals surface area contributed by atoms with Gasteiger partial charge in [-0.3, -0.25) is 4.79 Å². The first-order valence-corrected chi connectivity index (χ1v) is 12.0. The normalized spacial score (nSPS) is 16.0. The Bertz CT molecular complexity index is 1180. The van der Waals surface area contributed by atoms with Gasteiger partial charge in [-0.2, -0.15) is 0 Å². The van der Waals surface area contributed by atoms with Crippen molar-refractivity contribution in [2.45, 2.75) is 57.9 Å². The van der Waals surface area contributed by atoms with Gasteiger partial charge < -0.3 is 15.2 Å². The maximum absolute atomic E-state index is 13.7. The molecule has 2 N–H and O–H groups in total. The molecule has 0 radical (unpaired) electrons. The Morgan fingerprint density at radius 1 is 1.23 bits per heavy atom. The monoisotopic (exact) mass is 471 g/mol. The van der Waals surface area contributed by atoms with E-state index in [0.29, 0.717) is 5.75 Å². The molecule has 35 heavy (non-hydrogen) atoms. The van der Waals surface area contributed by atoms with Gasteiger partial charge in [0, 0.05) is 5.57 Å². The summed E-state index contributed by atoms with van der Waals surface area (Å²) in [6.07, 6.45) is 14.7. The van der Waals surface area contributed by atoms with Crippen molar-refractivity contribution in [2.75, 3.05) is 6.61 Å². The predicted octanol–water partition coefficient (Wildman–Crippen LogP) is 5.90. The first-order valence-electron chi connectivity index (χ1n) is 12.0. The summed E-state index contributed by atoms with van der Waals surface area (Å²) in [6, 6.07) is 12.5. The molecule has 2 aromatic carbocycles. The van der Waals surface area contributed by atoms with Crippen LogP contribution in [0.25, 0.3) is 0 Å². The Balaban J connectivity index is 1.81. The Morgan fingerprint density at radius 3 is 2.60 bits per heavy atom. The van der Waals surface area contributed by atoms with Crippen LogP contribution in [0.5, 0.6) is 5.75 Å². The van der Waals surface area contributed by atoms with Crippen molar-refractivity contribution in [3.63, 3.8) is 0 Å². The Labute approximate surface area is 207 Å². The number of terminal acetylenes is 1. The largest absolute Gasteiger partial charge is 0.488 e. The van der Waals surface area contributed by atoms with Crippen LogP contribution in [0.4, 0.5) is 0 Å². The second-order valence-electron chi connectivity index (χ2n) is 9.04. The molecule has 1 saturated carbocycles. The third kappa shape index (κ3) is 6.02. The number of allylic oxidation sites excluding steroid dienone is 3. The number of benzene rings is 2. The molecule has 0 spiro atoms. The summed E-state index contributed by atoms with van der Waals surface area (Å²) in [6.45, 7) is 6.01. The van der Waals surface area contributed by atoms with Crippen molar-refractivity contribution >= 4 is 11.9 Å². The molecule has 1 amide bonds. The number of amides is 1. The summed E-state index contributed by atoms with van der Waals surface area (Å²) in [5.41, 5.74) is 3.03. The molecular weight excluding hydrogens is 438 g/mol. The molecule has 0 aliphatic heterocycles. The molecular formula is C30H33NO4. The van der Waals surface area contributed by atoms with Crippen molar-refractivity contribution in [1.82, 2.24) is 5.32 Å². The number of rotatable bonds is 9. The Morgan fingerprint density at radius 2 is 1.97 bits per heavy atom. The van der Waals surface area contributed by atoms with Crippen LogP contribution in [0, 0.1) is 19.3 Å². The molecule has 1 aliphatic carbocycles. The summed E-state index contributed by atoms with van der Waals surface area (Å²) >= 11 is 0. The first kappa shape index (κ1) is 25.8. The van der Waals surface area contributed by atoms with Gasteiger partial charge in [-0.15, -0.1) is 6.42 Å². The van der Waals surface area contributed by atoms with Crippen LogP contribution >= 0.6 is 0 Å². The lowest BCUT2D eigenvalue weighted by atomic mass is 9.77. The third-order valence-electron chi connectivity index (χ3n) is 6.68. The van der Waals surface area contributed by atoms with Crippen LogP contribution in [0.3, 0.4) is 0 Å². The van der Waals surface area contributed by atoms with Crippen molar-refractivity contribution in [3.8, 4) is 18.1 Å². The second-order valence-corrected chi connectivity index (χ2v) is 9.04. The number of hydrogen-bond donors (Lipinski definition) is 2. The van der Waals surface area contributed by atoms with Crippen LogP contribution in [-0.2, 0) is 10.2 Å². The average molecular weight is 472 g/mol. The number of hydrogen-bond acceptors (Lipinski definition) is 3. The lowest BCUT2D eigenvalue weighted by molar-refractivity contribution is -0.127. The highest BCUT2D eigenvalue weighted by Crippen LogP contribution is 2.43. The Kier molecular flexibility index (Phi) is 8.54. The van der Waals surface area contributed by atoms with Gasteiger partial charge in [-0.25, -0.2) is 4.79 Å². The smallest absolute Gasteiger partial charge is 0.335 e. The van der Waals surface area contributed by atoms with Crippen LogP contribution in [0.15, 0.2) is 66.3 Å². The van der Waals surface area contributed by atoms with Crippen molar-refractivity contribution in [1.29, 1.82) is 0 Å². The molecule has 1 atom stereocenters. The highest BCUT2D eigenvalue weighted by atomic mass is 16.5. The van der Waals surface area contributed by atoms with Crippen molar-refractivity contribution < 1.29 is 19.4 Å². The molecule has 182 valence electrons. The fraction of sp³-hybridized carbons (Fsp3) is 0.333. The molecule has 2 aromatic rings. The minimum Gasteiger partial charge on any atom is -0.488 e. The van der Waals surface area contributed by atoms with Crippen LogP contribution in [-0.4, -0.2) is 23.6 Å². The number of carbonyl (C=O) groups is 2. The van der Waals surface area contributed by atoms with E-state index < -0.39 is 11.4 Å². The standard InChI is InChI=1S/C30H33NO4/c1-5-7-11-23(6-2)20-35-26-13-10-12-25(19-26)30(16-8-9-17-30)29(34)31-22(4)27-15-14-24(28(32)33)18-21(27)3/h2,5,7,10-15,18-19,22H,8-9,16-17,20H2,1,3-4H3,(H,31,34)(H,32,33)/b7-5-,23-11+/t22-/m0/s1. The maximum atomic E-state index is 13.7. The van der Waals surface area contributed by atoms with E-state index in [9.17, 15) is 14.7 Å². The van der Waals surface area contributed by atoms with E-state index in [1.165, 1.54) is 0 Å². The van der Waals surface area contributed by atoms with Crippen molar-refractivity contribution in [2.24, 2.45) is 0 Å². The topological polar surface area (TPSA) is 75.6 Å². The summed E-state index contributed by atoms with van der Waals surface area (Å²) in [7, 11) is 0. The lowest BCUT2D eigenvalue weighted by Gasteiger charge is -2.31. The number of nitrogens with one attached hydrogen (secondary N) is 1. The minimum atomic E-state index is -0.963. The van der Waals surface area contributed by atoms with E-state index in [4.69, 9.17) is 11.2 Å². The predicted molar refractivity (Wildman–Crippen MR) is 139 cm³/mol. The van der Waals surface area contributed by atoms with Crippen LogP contribution in [0.2, 0.25) is 0 Å². The molecule has 0 unspecified atom stereocenters. The molecule has 5 heteroatoms. The molecule has 0 bridgehead atoms. The van der Waals surface area contributed by atoms with Gasteiger partial charge in [0.25, 0.3) is 0 Å². The van der Waals surface area contributed by atoms with Crippen LogP contribution in [0.1, 0.15) is 72.6 Å². The fourth-order valence-electron chi connectivity index (χ4n) is 4.73. The van der Waals surface area contributed by atoms with Gasteiger partial charge in [0.15, 0.2) is 0 Å². The summed E-state index contributed by atoms with van der Waals surface area (Å²) in [4.78, 5) is 25.0. The van der Waals surface area contributed by atoms with E-state index in [1.54, 1.807) is 18.2 Å². The molecule has 0 saturated heterocycles. The number of carboxylic acid groups (broad SMARTS) is 1. The average Bonchev–Trinajstić information content (AvgIpc) is 3.35. The molecule has 5 nitrogen and oxygen atoms in total. The third-order valence-corrected chi connectivity index (χ3v) is 6.68. The van der Waals surface area contributed by atoms with E-state index in [-0.39, 0.29) is 24.1 Å². The zero-order chi connectivity index (χ0) is 25.4. The number of ether oxygens (including phenoxy) is 1. The first-order chi connectivity index (χ1) is 16.8. The summed E-state index contributed by atoms with van der Waals surface area (Å²) in [5, 5.41) is 12.4. The van der Waals surface area contributed by atoms with Crippen LogP contribution < -0.4 is 10.1 Å². The van der Waals surface area contributed by atoms with E-state index in [1.807, 2.05) is 63.3 Å². The molecule has 3 rings (SSSR count). The Hall–Kier alpha value is -3.78. The van der Waals surface area contributed by atoms with Gasteiger partial charge in [-0.05, 0) is 80.6 Å². The quantitative estimate of drug-likeness (QED) is 0.353. The van der Waals surface area contributed by atoms with E-state index in [2.05, 4.69) is 11.2 Å². The van der Waals surface area contributed by atoms with Crippen molar-refractivity contribution in [3.05, 3.63) is 88.5 Å². The zero-order valence-corrected chi connectivity index (χ0v) is 20.6. The van der Waals surface area contributed by atoms with E-state index in [0.717, 1.165) is 47.9 Å². The zero-order valence-electron chi connectivity index (χ0n) is 20.6. The number of carboxylic acids is 1. The molecule has 0 heterocycles. The SMILES string of the molecule is C#C/C(=C\C=C/C)COc1cccc(C2(C(=O)N[C@@H](C)c3ccc(C(=O)O)cc3C)CCCC2)c1. The van der Waals surface area contributed by atoms with Gasteiger partial charge in [0.2, 0.25) is 5.91 Å². The second kappa shape index (κ2) is 11.6. The highest BCUT2D eigenvalue weighted by Gasteiger charge is 2.43. The molecule has 1 fully saturated rings. The summed E-state index contributed by atoms with van der Waals surface area (Å²) in [5.74, 6) is 2.34. The number of carbonyl (C=O) groups excluding carboxylic acids is 1. The molecule has 1 aliphatic rings. The van der Waals surface area contributed by atoms with Gasteiger partial charge in [0.1, 0.15) is 12.4 Å². The lowest BCUT2D eigenvalue weighted by Crippen LogP contribution is -2.43. The van der Waals surface area contributed by atoms with Gasteiger partial charge >= 0.3 is 5.97 Å². The molecule has 0 aromatic heterocycles. The number of aryl methyl sites for hydroxylation is 1. The highest BCUT2D eigenvalue weighted by molar-refractivity contribution is 5.89. The fourth-order valence-corrected chi connectivity index (χ4v) is 4.73. The summed E-state index contributed by atoms with van der Waals surface area (Å²) < 4.78 is 5.95. The van der Waals surface area contributed by atoms with Gasteiger partial charge in [0.05, 0.1) is 17.0 Å². The number of aromatic carboxylic acids is 1. The maximum Gasteiger partial charge on any atom is 0.335 e. The van der Waals surface area contributed by atoms with Gasteiger partial charge in [-0.1, -0.05) is 49.1 Å². The van der Waals surface area contributed by atoms with E-state index >= 15 is 0 Å². The minimum absolute atomic E-state index is 0.0151.